The van der Waals surface area contributed by atoms with E-state index in [0.717, 1.165) is 11.1 Å². The van der Waals surface area contributed by atoms with E-state index in [4.69, 9.17) is 4.42 Å². The second-order valence-corrected chi connectivity index (χ2v) is 5.04. The Morgan fingerprint density at radius 3 is 2.82 bits per heavy atom. The number of ether oxygens (including phenoxy) is 1. The summed E-state index contributed by atoms with van der Waals surface area (Å²) in [6, 6.07) is 10.7. The van der Waals surface area contributed by atoms with Crippen molar-refractivity contribution in [3.63, 3.8) is 0 Å². The molecule has 0 bridgehead atoms. The van der Waals surface area contributed by atoms with E-state index in [1.807, 2.05) is 22.8 Å². The van der Waals surface area contributed by atoms with Crippen LogP contribution in [0.3, 0.4) is 0 Å². The smallest absolute Gasteiger partial charge is 0.374 e. The third-order valence-electron chi connectivity index (χ3n) is 3.55. The monoisotopic (exact) mass is 297 g/mol. The van der Waals surface area contributed by atoms with Crippen molar-refractivity contribution in [1.29, 1.82) is 0 Å². The minimum Gasteiger partial charge on any atom is -0.463 e. The van der Waals surface area contributed by atoms with Crippen LogP contribution in [0, 0.1) is 6.92 Å². The third-order valence-corrected chi connectivity index (χ3v) is 3.55. The lowest BCUT2D eigenvalue weighted by Gasteiger charge is -2.08. The first-order valence-corrected chi connectivity index (χ1v) is 6.86. The summed E-state index contributed by atoms with van der Waals surface area (Å²) in [6.45, 7) is 2.22. The largest absolute Gasteiger partial charge is 0.463 e. The zero-order chi connectivity index (χ0) is 15.7. The summed E-state index contributed by atoms with van der Waals surface area (Å²) >= 11 is 0. The van der Waals surface area contributed by atoms with Crippen LogP contribution >= 0.6 is 0 Å². The number of pyridine rings is 1. The minimum absolute atomic E-state index is 0.0160. The Morgan fingerprint density at radius 2 is 2.05 bits per heavy atom. The maximum atomic E-state index is 11.9. The molecule has 0 radical (unpaired) electrons. The highest BCUT2D eigenvalue weighted by molar-refractivity contribution is 5.87. The van der Waals surface area contributed by atoms with E-state index in [1.54, 1.807) is 25.3 Å². The van der Waals surface area contributed by atoms with E-state index in [2.05, 4.69) is 4.74 Å². The highest BCUT2D eigenvalue weighted by atomic mass is 16.5. The molecule has 22 heavy (non-hydrogen) atoms. The number of benzene rings is 1. The molecule has 2 aromatic heterocycles. The molecule has 3 rings (SSSR count). The fourth-order valence-electron chi connectivity index (χ4n) is 2.49. The summed E-state index contributed by atoms with van der Waals surface area (Å²) in [7, 11) is 1.32. The minimum atomic E-state index is -0.492. The van der Waals surface area contributed by atoms with Crippen LogP contribution in [0.25, 0.3) is 10.9 Å². The first-order chi connectivity index (χ1) is 10.6. The number of nitrogens with zero attached hydrogens (tertiary/aromatic N) is 1. The number of hydrogen-bond acceptors (Lipinski definition) is 4. The molecule has 0 amide bonds. The molecule has 0 atom stereocenters. The van der Waals surface area contributed by atoms with Gasteiger partial charge in [-0.1, -0.05) is 12.1 Å². The number of fused-ring (bicyclic) bond motifs is 1. The van der Waals surface area contributed by atoms with Crippen LogP contribution in [0.4, 0.5) is 0 Å². The molecular weight excluding hydrogens is 282 g/mol. The van der Waals surface area contributed by atoms with Crippen LogP contribution in [-0.2, 0) is 11.3 Å². The highest BCUT2D eigenvalue weighted by Crippen LogP contribution is 2.18. The van der Waals surface area contributed by atoms with Gasteiger partial charge in [-0.05, 0) is 25.1 Å². The summed E-state index contributed by atoms with van der Waals surface area (Å²) in [5.74, 6) is 0.350. The number of methoxy groups -OCH3 is 1. The zero-order valence-corrected chi connectivity index (χ0v) is 12.3. The van der Waals surface area contributed by atoms with Crippen molar-refractivity contribution in [3.8, 4) is 0 Å². The van der Waals surface area contributed by atoms with Crippen molar-refractivity contribution in [1.82, 2.24) is 4.57 Å². The van der Waals surface area contributed by atoms with Gasteiger partial charge in [0.2, 0.25) is 5.76 Å². The molecule has 0 unspecified atom stereocenters. The molecule has 5 heteroatoms. The summed E-state index contributed by atoms with van der Waals surface area (Å²) < 4.78 is 12.2. The number of carbonyl (C=O) groups is 1. The first-order valence-electron chi connectivity index (χ1n) is 6.86. The third kappa shape index (κ3) is 2.41. The fraction of sp³-hybridized carbons (Fsp3) is 0.176. The van der Waals surface area contributed by atoms with Crippen molar-refractivity contribution < 1.29 is 13.9 Å². The zero-order valence-electron chi connectivity index (χ0n) is 12.3. The molecule has 0 N–H and O–H groups in total. The second-order valence-electron chi connectivity index (χ2n) is 5.04. The molecule has 0 aliphatic heterocycles. The Hall–Kier alpha value is -2.82. The van der Waals surface area contributed by atoms with Gasteiger partial charge in [-0.2, -0.15) is 0 Å². The Balaban J connectivity index is 2.03. The lowest BCUT2D eigenvalue weighted by Crippen LogP contribution is -2.08. The van der Waals surface area contributed by atoms with E-state index in [-0.39, 0.29) is 11.2 Å². The SMILES string of the molecule is COC(=O)c1oc(Cn2ccc(=O)c3ccccc32)cc1C. The van der Waals surface area contributed by atoms with E-state index in [0.29, 0.717) is 17.7 Å². The van der Waals surface area contributed by atoms with Gasteiger partial charge in [0, 0.05) is 23.2 Å². The van der Waals surface area contributed by atoms with Gasteiger partial charge in [0.25, 0.3) is 0 Å². The fourth-order valence-corrected chi connectivity index (χ4v) is 2.49. The molecule has 3 aromatic rings. The summed E-state index contributed by atoms with van der Waals surface area (Å²) in [6.07, 6.45) is 1.72. The number of esters is 1. The number of aryl methyl sites for hydroxylation is 1. The van der Waals surface area contributed by atoms with Crippen molar-refractivity contribution in [2.75, 3.05) is 7.11 Å². The van der Waals surface area contributed by atoms with Crippen LogP contribution < -0.4 is 5.43 Å². The topological polar surface area (TPSA) is 61.4 Å². The van der Waals surface area contributed by atoms with Gasteiger partial charge in [0.1, 0.15) is 5.76 Å². The maximum absolute atomic E-state index is 11.9. The number of rotatable bonds is 3. The molecule has 1 aromatic carbocycles. The Kier molecular flexibility index (Phi) is 3.55. The number of para-hydroxylation sites is 1. The van der Waals surface area contributed by atoms with E-state index in [1.165, 1.54) is 13.2 Å². The van der Waals surface area contributed by atoms with Crippen molar-refractivity contribution in [2.45, 2.75) is 13.5 Å². The van der Waals surface area contributed by atoms with Crippen LogP contribution in [0.2, 0.25) is 0 Å². The Bertz CT molecular complexity index is 904. The van der Waals surface area contributed by atoms with Crippen molar-refractivity contribution >= 4 is 16.9 Å². The van der Waals surface area contributed by atoms with Gasteiger partial charge in [-0.15, -0.1) is 0 Å². The molecule has 0 fully saturated rings. The van der Waals surface area contributed by atoms with Crippen LogP contribution in [0.15, 0.2) is 51.8 Å². The lowest BCUT2D eigenvalue weighted by molar-refractivity contribution is 0.0562. The quantitative estimate of drug-likeness (QED) is 0.697. The predicted molar refractivity (Wildman–Crippen MR) is 82.1 cm³/mol. The molecule has 0 aliphatic rings. The number of furan rings is 1. The van der Waals surface area contributed by atoms with Crippen LogP contribution in [0.5, 0.6) is 0 Å². The first kappa shape index (κ1) is 14.1. The molecule has 0 saturated heterocycles. The summed E-state index contributed by atoms with van der Waals surface area (Å²) in [5.41, 5.74) is 1.54. The predicted octanol–water partition coefficient (Wildman–Crippen LogP) is 2.74. The van der Waals surface area contributed by atoms with E-state index >= 15 is 0 Å². The van der Waals surface area contributed by atoms with Gasteiger partial charge in [0.05, 0.1) is 19.2 Å². The standard InChI is InChI=1S/C17H15NO4/c1-11-9-12(22-16(11)17(20)21-2)10-18-8-7-15(19)13-5-3-4-6-14(13)18/h3-9H,10H2,1-2H3. The summed E-state index contributed by atoms with van der Waals surface area (Å²) in [4.78, 5) is 23.5. The van der Waals surface area contributed by atoms with Gasteiger partial charge in [-0.3, -0.25) is 4.79 Å². The molecular formula is C17H15NO4. The molecule has 2 heterocycles. The van der Waals surface area contributed by atoms with Gasteiger partial charge in [0.15, 0.2) is 5.43 Å². The van der Waals surface area contributed by atoms with Crippen molar-refractivity contribution in [3.05, 3.63) is 69.9 Å². The number of aromatic nitrogens is 1. The average Bonchev–Trinajstić information content (AvgIpc) is 2.90. The number of hydrogen-bond donors (Lipinski definition) is 0. The molecule has 0 spiro atoms. The van der Waals surface area contributed by atoms with E-state index < -0.39 is 5.97 Å². The molecule has 0 saturated carbocycles. The van der Waals surface area contributed by atoms with Gasteiger partial charge in [-0.25, -0.2) is 4.79 Å². The van der Waals surface area contributed by atoms with Crippen molar-refractivity contribution in [2.24, 2.45) is 0 Å². The van der Waals surface area contributed by atoms with Gasteiger partial charge >= 0.3 is 5.97 Å². The number of carbonyl (C=O) groups excluding carboxylic acids is 1. The molecule has 0 aliphatic carbocycles. The normalized spacial score (nSPS) is 10.8. The second kappa shape index (κ2) is 5.52. The average molecular weight is 297 g/mol. The highest BCUT2D eigenvalue weighted by Gasteiger charge is 2.16. The molecule has 112 valence electrons. The molecule has 5 nitrogen and oxygen atoms in total. The summed E-state index contributed by atoms with van der Waals surface area (Å²) in [5, 5.41) is 0.654. The van der Waals surface area contributed by atoms with Gasteiger partial charge < -0.3 is 13.7 Å². The van der Waals surface area contributed by atoms with Crippen LogP contribution in [0.1, 0.15) is 21.9 Å². The lowest BCUT2D eigenvalue weighted by atomic mass is 10.2. The van der Waals surface area contributed by atoms with Crippen LogP contribution in [-0.4, -0.2) is 17.6 Å². The Morgan fingerprint density at radius 1 is 1.27 bits per heavy atom. The maximum Gasteiger partial charge on any atom is 0.374 e. The van der Waals surface area contributed by atoms with E-state index in [9.17, 15) is 9.59 Å². The Labute approximate surface area is 126 Å².